The zero-order chi connectivity index (χ0) is 14.5. The Kier molecular flexibility index (Phi) is 5.28. The Morgan fingerprint density at radius 3 is 2.62 bits per heavy atom. The Labute approximate surface area is 129 Å². The largest absolute Gasteiger partial charge is 0.329 e. The third kappa shape index (κ3) is 4.29. The molecular weight excluding hydrogens is 258 g/mol. The van der Waals surface area contributed by atoms with Gasteiger partial charge in [0.2, 0.25) is 0 Å². The molecule has 1 aliphatic heterocycles. The minimum atomic E-state index is 0.714. The van der Waals surface area contributed by atoms with Gasteiger partial charge in [0.1, 0.15) is 0 Å². The van der Waals surface area contributed by atoms with E-state index in [-0.39, 0.29) is 0 Å². The standard InChI is InChI=1S/C18H29N3/c19-11-13-21(17-9-10-17)15-18-8-4-5-12-20(18)14-16-6-2-1-3-7-16/h1-3,6-7,17-18H,4-5,8-15,19H2/t18-/m0/s1. The van der Waals surface area contributed by atoms with Crippen LogP contribution in [0.1, 0.15) is 37.7 Å². The SMILES string of the molecule is NCCN(C[C@@H]1CCCCN1Cc1ccccc1)C1CC1. The summed E-state index contributed by atoms with van der Waals surface area (Å²) in [7, 11) is 0. The van der Waals surface area contributed by atoms with Crippen LogP contribution in [0.2, 0.25) is 0 Å². The lowest BCUT2D eigenvalue weighted by Crippen LogP contribution is -2.47. The van der Waals surface area contributed by atoms with E-state index in [4.69, 9.17) is 5.73 Å². The van der Waals surface area contributed by atoms with Crippen LogP contribution in [-0.4, -0.2) is 48.1 Å². The second-order valence-corrected chi connectivity index (χ2v) is 6.62. The third-order valence-electron chi connectivity index (χ3n) is 4.90. The molecule has 0 aromatic heterocycles. The predicted molar refractivity (Wildman–Crippen MR) is 88.1 cm³/mol. The molecule has 1 heterocycles. The van der Waals surface area contributed by atoms with E-state index in [9.17, 15) is 0 Å². The molecule has 2 N–H and O–H groups in total. The van der Waals surface area contributed by atoms with E-state index >= 15 is 0 Å². The molecule has 0 unspecified atom stereocenters. The number of hydrogen-bond donors (Lipinski definition) is 1. The van der Waals surface area contributed by atoms with Crippen LogP contribution in [0.4, 0.5) is 0 Å². The maximum Gasteiger partial charge on any atom is 0.0237 e. The summed E-state index contributed by atoms with van der Waals surface area (Å²) in [5.41, 5.74) is 7.25. The molecule has 3 rings (SSSR count). The van der Waals surface area contributed by atoms with Gasteiger partial charge in [-0.3, -0.25) is 9.80 Å². The lowest BCUT2D eigenvalue weighted by molar-refractivity contribution is 0.0957. The van der Waals surface area contributed by atoms with E-state index in [0.717, 1.165) is 25.7 Å². The molecule has 3 heteroatoms. The summed E-state index contributed by atoms with van der Waals surface area (Å²) in [6, 6.07) is 12.5. The molecule has 2 aliphatic rings. The van der Waals surface area contributed by atoms with E-state index in [2.05, 4.69) is 40.1 Å². The summed E-state index contributed by atoms with van der Waals surface area (Å²) in [6.07, 6.45) is 6.85. The number of nitrogens with two attached hydrogens (primary N) is 1. The van der Waals surface area contributed by atoms with Gasteiger partial charge in [-0.1, -0.05) is 36.8 Å². The average Bonchev–Trinajstić information content (AvgIpc) is 3.34. The van der Waals surface area contributed by atoms with Crippen molar-refractivity contribution in [2.45, 2.75) is 50.7 Å². The van der Waals surface area contributed by atoms with Gasteiger partial charge in [-0.15, -0.1) is 0 Å². The number of piperidine rings is 1. The van der Waals surface area contributed by atoms with Crippen LogP contribution < -0.4 is 5.73 Å². The molecule has 0 spiro atoms. The minimum Gasteiger partial charge on any atom is -0.329 e. The normalized spacial score (nSPS) is 23.6. The highest BCUT2D eigenvalue weighted by molar-refractivity contribution is 5.14. The first-order valence-corrected chi connectivity index (χ1v) is 8.59. The fourth-order valence-corrected chi connectivity index (χ4v) is 3.59. The van der Waals surface area contributed by atoms with Gasteiger partial charge in [0.05, 0.1) is 0 Å². The first-order valence-electron chi connectivity index (χ1n) is 8.59. The van der Waals surface area contributed by atoms with Crippen molar-refractivity contribution in [3.63, 3.8) is 0 Å². The maximum absolute atomic E-state index is 5.80. The van der Waals surface area contributed by atoms with E-state index in [1.165, 1.54) is 50.8 Å². The topological polar surface area (TPSA) is 32.5 Å². The molecule has 1 saturated heterocycles. The van der Waals surface area contributed by atoms with Crippen LogP contribution in [0.25, 0.3) is 0 Å². The molecule has 1 atom stereocenters. The summed E-state index contributed by atoms with van der Waals surface area (Å²) in [4.78, 5) is 5.35. The van der Waals surface area contributed by atoms with Crippen molar-refractivity contribution in [1.29, 1.82) is 0 Å². The van der Waals surface area contributed by atoms with Crippen LogP contribution >= 0.6 is 0 Å². The summed E-state index contributed by atoms with van der Waals surface area (Å²) in [5.74, 6) is 0. The molecule has 0 bridgehead atoms. The van der Waals surface area contributed by atoms with Crippen molar-refractivity contribution in [2.75, 3.05) is 26.2 Å². The molecular formula is C18H29N3. The predicted octanol–water partition coefficient (Wildman–Crippen LogP) is 2.46. The monoisotopic (exact) mass is 287 g/mol. The van der Waals surface area contributed by atoms with Crippen molar-refractivity contribution in [2.24, 2.45) is 5.73 Å². The van der Waals surface area contributed by atoms with Crippen LogP contribution in [0, 0.1) is 0 Å². The van der Waals surface area contributed by atoms with E-state index in [1.807, 2.05) is 0 Å². The van der Waals surface area contributed by atoms with Gasteiger partial charge in [0.15, 0.2) is 0 Å². The second-order valence-electron chi connectivity index (χ2n) is 6.62. The Morgan fingerprint density at radius 1 is 1.10 bits per heavy atom. The molecule has 1 saturated carbocycles. The second kappa shape index (κ2) is 7.39. The van der Waals surface area contributed by atoms with Crippen LogP contribution in [0.3, 0.4) is 0 Å². The summed E-state index contributed by atoms with van der Waals surface area (Å²) in [6.45, 7) is 5.43. The van der Waals surface area contributed by atoms with Gasteiger partial charge < -0.3 is 5.73 Å². The lowest BCUT2D eigenvalue weighted by atomic mass is 10.0. The first-order chi connectivity index (χ1) is 10.4. The quantitative estimate of drug-likeness (QED) is 0.836. The maximum atomic E-state index is 5.80. The first kappa shape index (κ1) is 15.0. The van der Waals surface area contributed by atoms with Crippen molar-refractivity contribution in [3.05, 3.63) is 35.9 Å². The summed E-state index contributed by atoms with van der Waals surface area (Å²) >= 11 is 0. The highest BCUT2D eigenvalue weighted by Crippen LogP contribution is 2.29. The van der Waals surface area contributed by atoms with Crippen LogP contribution in [-0.2, 0) is 6.54 Å². The van der Waals surface area contributed by atoms with Gasteiger partial charge in [0, 0.05) is 38.3 Å². The van der Waals surface area contributed by atoms with Gasteiger partial charge in [-0.05, 0) is 37.8 Å². The van der Waals surface area contributed by atoms with Crippen LogP contribution in [0.5, 0.6) is 0 Å². The van der Waals surface area contributed by atoms with E-state index in [1.54, 1.807) is 0 Å². The molecule has 0 radical (unpaired) electrons. The zero-order valence-electron chi connectivity index (χ0n) is 13.1. The van der Waals surface area contributed by atoms with Crippen molar-refractivity contribution in [1.82, 2.24) is 9.80 Å². The smallest absolute Gasteiger partial charge is 0.0237 e. The lowest BCUT2D eigenvalue weighted by Gasteiger charge is -2.39. The Morgan fingerprint density at radius 2 is 1.90 bits per heavy atom. The van der Waals surface area contributed by atoms with Crippen molar-refractivity contribution in [3.8, 4) is 0 Å². The fourth-order valence-electron chi connectivity index (χ4n) is 3.59. The highest BCUT2D eigenvalue weighted by Gasteiger charge is 2.32. The number of rotatable bonds is 7. The number of hydrogen-bond acceptors (Lipinski definition) is 3. The highest BCUT2D eigenvalue weighted by atomic mass is 15.2. The Hall–Kier alpha value is -0.900. The molecule has 2 fully saturated rings. The average molecular weight is 287 g/mol. The van der Waals surface area contributed by atoms with E-state index < -0.39 is 0 Å². The fraction of sp³-hybridized carbons (Fsp3) is 0.667. The Balaban J connectivity index is 1.60. The number of benzene rings is 1. The molecule has 1 aliphatic carbocycles. The minimum absolute atomic E-state index is 0.714. The van der Waals surface area contributed by atoms with Gasteiger partial charge in [-0.25, -0.2) is 0 Å². The molecule has 0 amide bonds. The molecule has 3 nitrogen and oxygen atoms in total. The van der Waals surface area contributed by atoms with E-state index in [0.29, 0.717) is 6.04 Å². The van der Waals surface area contributed by atoms with Crippen molar-refractivity contribution >= 4 is 0 Å². The van der Waals surface area contributed by atoms with Gasteiger partial charge in [0.25, 0.3) is 0 Å². The van der Waals surface area contributed by atoms with Gasteiger partial charge in [-0.2, -0.15) is 0 Å². The van der Waals surface area contributed by atoms with Gasteiger partial charge >= 0.3 is 0 Å². The molecule has 1 aromatic rings. The molecule has 21 heavy (non-hydrogen) atoms. The van der Waals surface area contributed by atoms with Crippen LogP contribution in [0.15, 0.2) is 30.3 Å². The summed E-state index contributed by atoms with van der Waals surface area (Å²) < 4.78 is 0. The molecule has 1 aromatic carbocycles. The third-order valence-corrected chi connectivity index (χ3v) is 4.90. The zero-order valence-corrected chi connectivity index (χ0v) is 13.1. The number of nitrogens with zero attached hydrogens (tertiary/aromatic N) is 2. The summed E-state index contributed by atoms with van der Waals surface area (Å²) in [5, 5.41) is 0. The van der Waals surface area contributed by atoms with Crippen molar-refractivity contribution < 1.29 is 0 Å². The Bertz CT molecular complexity index is 416. The number of likely N-dealkylation sites (tertiary alicyclic amines) is 1. The molecule has 116 valence electrons.